The first-order chi connectivity index (χ1) is 22.9. The highest BCUT2D eigenvalue weighted by Gasteiger charge is 2.39. The van der Waals surface area contributed by atoms with Crippen molar-refractivity contribution < 1.29 is 38.4 Å². The van der Waals surface area contributed by atoms with Gasteiger partial charge in [0.05, 0.1) is 16.7 Å². The Morgan fingerprint density at radius 2 is 1.09 bits per heavy atom. The summed E-state index contributed by atoms with van der Waals surface area (Å²) in [5.41, 5.74) is 1.23. The van der Waals surface area contributed by atoms with Crippen LogP contribution in [0.4, 0.5) is 0 Å². The van der Waals surface area contributed by atoms with Crippen molar-refractivity contribution in [3.8, 4) is 0 Å². The molecular formula is C39H32O8. The Labute approximate surface area is 271 Å². The standard InChI is InChI=1S/C28H24O6.C11H8O2/c1-31-26-16-24(34-28(30)23-13-11-19-7-3-5-9-21(19)15-23)25(33-26)17-32-27(29)22-12-10-18-6-2-4-8-20(18)14-22;12-11(13)10-6-5-8-3-1-2-4-9(8)7-10/h2-15,24-26H,16-17H2,1H3;1-7H,(H,12,13)/t24?,25-,26?;/m0./s1. The average Bonchev–Trinajstić information content (AvgIpc) is 3.51. The maximum absolute atomic E-state index is 12.8. The van der Waals surface area contributed by atoms with Gasteiger partial charge in [-0.2, -0.15) is 0 Å². The van der Waals surface area contributed by atoms with Crippen molar-refractivity contribution >= 4 is 50.2 Å². The SMILES string of the molecule is COC1CC(OC(=O)c2ccc3ccccc3c2)[C@H](COC(=O)c2ccc3ccccc3c2)O1.O=C(O)c1ccc2ccccc2c1. The summed E-state index contributed by atoms with van der Waals surface area (Å²) in [4.78, 5) is 36.1. The van der Waals surface area contributed by atoms with Gasteiger partial charge in [-0.25, -0.2) is 14.4 Å². The summed E-state index contributed by atoms with van der Waals surface area (Å²) >= 11 is 0. The molecular weight excluding hydrogens is 596 g/mol. The molecule has 1 N–H and O–H groups in total. The number of carbonyl (C=O) groups excluding carboxylic acids is 2. The maximum atomic E-state index is 12.8. The van der Waals surface area contributed by atoms with Gasteiger partial charge in [0, 0.05) is 13.5 Å². The van der Waals surface area contributed by atoms with Gasteiger partial charge in [-0.05, 0) is 68.7 Å². The summed E-state index contributed by atoms with van der Waals surface area (Å²) in [7, 11) is 1.52. The number of methoxy groups -OCH3 is 1. The Morgan fingerprint density at radius 1 is 0.638 bits per heavy atom. The van der Waals surface area contributed by atoms with Crippen LogP contribution in [0, 0.1) is 0 Å². The summed E-state index contributed by atoms with van der Waals surface area (Å²) in [5, 5.41) is 14.8. The minimum atomic E-state index is -0.884. The van der Waals surface area contributed by atoms with Crippen LogP contribution < -0.4 is 0 Å². The Hall–Kier alpha value is -5.57. The second-order valence-electron chi connectivity index (χ2n) is 11.1. The molecule has 0 aliphatic carbocycles. The molecule has 0 amide bonds. The zero-order valence-electron chi connectivity index (χ0n) is 25.6. The van der Waals surface area contributed by atoms with E-state index in [2.05, 4.69) is 0 Å². The van der Waals surface area contributed by atoms with Crippen LogP contribution in [0.3, 0.4) is 0 Å². The molecule has 6 aromatic carbocycles. The Kier molecular flexibility index (Phi) is 9.52. The van der Waals surface area contributed by atoms with E-state index in [1.54, 1.807) is 36.4 Å². The number of ether oxygens (including phenoxy) is 4. The molecule has 1 heterocycles. The predicted octanol–water partition coefficient (Wildman–Crippen LogP) is 7.67. The van der Waals surface area contributed by atoms with Crippen molar-refractivity contribution in [1.82, 2.24) is 0 Å². The van der Waals surface area contributed by atoms with Gasteiger partial charge in [0.15, 0.2) is 6.29 Å². The lowest BCUT2D eigenvalue weighted by molar-refractivity contribution is -0.128. The van der Waals surface area contributed by atoms with E-state index in [-0.39, 0.29) is 6.61 Å². The largest absolute Gasteiger partial charge is 0.478 e. The van der Waals surface area contributed by atoms with E-state index in [1.807, 2.05) is 91.0 Å². The van der Waals surface area contributed by atoms with Gasteiger partial charge in [0.2, 0.25) is 0 Å². The summed E-state index contributed by atoms with van der Waals surface area (Å²) in [6.07, 6.45) is -1.42. The maximum Gasteiger partial charge on any atom is 0.338 e. The third-order valence-corrected chi connectivity index (χ3v) is 8.03. The van der Waals surface area contributed by atoms with Gasteiger partial charge in [-0.1, -0.05) is 91.0 Å². The Bertz CT molecular complexity index is 2070. The Morgan fingerprint density at radius 3 is 1.57 bits per heavy atom. The van der Waals surface area contributed by atoms with Gasteiger partial charge in [0.1, 0.15) is 18.8 Å². The van der Waals surface area contributed by atoms with Crippen LogP contribution in [0.5, 0.6) is 0 Å². The van der Waals surface area contributed by atoms with Gasteiger partial charge in [-0.15, -0.1) is 0 Å². The fourth-order valence-corrected chi connectivity index (χ4v) is 5.50. The second kappa shape index (κ2) is 14.2. The van der Waals surface area contributed by atoms with Crippen molar-refractivity contribution in [2.45, 2.75) is 24.9 Å². The number of benzene rings is 6. The van der Waals surface area contributed by atoms with E-state index in [0.29, 0.717) is 23.1 Å². The summed E-state index contributed by atoms with van der Waals surface area (Å²) < 4.78 is 22.4. The summed E-state index contributed by atoms with van der Waals surface area (Å²) in [5.74, 6) is -1.80. The van der Waals surface area contributed by atoms with Crippen LogP contribution in [-0.4, -0.2) is 55.2 Å². The fourth-order valence-electron chi connectivity index (χ4n) is 5.50. The molecule has 47 heavy (non-hydrogen) atoms. The molecule has 0 aromatic heterocycles. The lowest BCUT2D eigenvalue weighted by atomic mass is 10.1. The lowest BCUT2D eigenvalue weighted by Gasteiger charge is -2.19. The molecule has 0 radical (unpaired) electrons. The Balaban J connectivity index is 0.000000248. The van der Waals surface area contributed by atoms with Crippen LogP contribution in [0.25, 0.3) is 32.3 Å². The van der Waals surface area contributed by atoms with Gasteiger partial charge < -0.3 is 24.1 Å². The molecule has 236 valence electrons. The average molecular weight is 629 g/mol. The quantitative estimate of drug-likeness (QED) is 0.180. The van der Waals surface area contributed by atoms with E-state index < -0.39 is 36.4 Å². The number of rotatable bonds is 7. The summed E-state index contributed by atoms with van der Waals surface area (Å²) in [6, 6.07) is 39.2. The second-order valence-corrected chi connectivity index (χ2v) is 11.1. The first-order valence-electron chi connectivity index (χ1n) is 15.1. The molecule has 3 atom stereocenters. The predicted molar refractivity (Wildman–Crippen MR) is 179 cm³/mol. The minimum Gasteiger partial charge on any atom is -0.478 e. The molecule has 1 saturated heterocycles. The highest BCUT2D eigenvalue weighted by Crippen LogP contribution is 2.26. The molecule has 1 aliphatic heterocycles. The van der Waals surface area contributed by atoms with Crippen LogP contribution in [0.2, 0.25) is 0 Å². The third kappa shape index (κ3) is 7.47. The van der Waals surface area contributed by atoms with E-state index in [0.717, 1.165) is 32.3 Å². The molecule has 2 unspecified atom stereocenters. The molecule has 8 nitrogen and oxygen atoms in total. The van der Waals surface area contributed by atoms with Crippen molar-refractivity contribution in [1.29, 1.82) is 0 Å². The van der Waals surface area contributed by atoms with E-state index in [9.17, 15) is 14.4 Å². The highest BCUT2D eigenvalue weighted by molar-refractivity contribution is 5.97. The number of carboxylic acids is 1. The zero-order valence-corrected chi connectivity index (χ0v) is 25.6. The topological polar surface area (TPSA) is 108 Å². The smallest absolute Gasteiger partial charge is 0.338 e. The lowest BCUT2D eigenvalue weighted by Crippen LogP contribution is -2.32. The normalized spacial score (nSPS) is 17.2. The van der Waals surface area contributed by atoms with E-state index in [4.69, 9.17) is 24.1 Å². The molecule has 7 rings (SSSR count). The molecule has 0 spiro atoms. The fraction of sp³-hybridized carbons (Fsp3) is 0.154. The van der Waals surface area contributed by atoms with Gasteiger partial charge >= 0.3 is 17.9 Å². The van der Waals surface area contributed by atoms with Crippen molar-refractivity contribution in [2.24, 2.45) is 0 Å². The monoisotopic (exact) mass is 628 g/mol. The van der Waals surface area contributed by atoms with Gasteiger partial charge in [-0.3, -0.25) is 0 Å². The molecule has 1 aliphatic rings. The van der Waals surface area contributed by atoms with Crippen LogP contribution in [0.1, 0.15) is 37.5 Å². The first kappa shape index (κ1) is 31.4. The van der Waals surface area contributed by atoms with Crippen LogP contribution >= 0.6 is 0 Å². The number of aromatic carboxylic acids is 1. The van der Waals surface area contributed by atoms with Crippen molar-refractivity contribution in [2.75, 3.05) is 13.7 Å². The summed E-state index contributed by atoms with van der Waals surface area (Å²) in [6.45, 7) is -0.0544. The van der Waals surface area contributed by atoms with Gasteiger partial charge in [0.25, 0.3) is 0 Å². The number of hydrogen-bond acceptors (Lipinski definition) is 7. The number of esters is 2. The number of fused-ring (bicyclic) bond motifs is 3. The number of hydrogen-bond donors (Lipinski definition) is 1. The molecule has 8 heteroatoms. The number of carbonyl (C=O) groups is 3. The van der Waals surface area contributed by atoms with Crippen molar-refractivity contribution in [3.05, 3.63) is 144 Å². The van der Waals surface area contributed by atoms with E-state index >= 15 is 0 Å². The zero-order chi connectivity index (χ0) is 32.8. The molecule has 1 fully saturated rings. The third-order valence-electron chi connectivity index (χ3n) is 8.03. The molecule has 6 aromatic rings. The molecule has 0 saturated carbocycles. The molecule has 0 bridgehead atoms. The van der Waals surface area contributed by atoms with Crippen molar-refractivity contribution in [3.63, 3.8) is 0 Å². The van der Waals surface area contributed by atoms with Crippen LogP contribution in [0.15, 0.2) is 127 Å². The number of carboxylic acid groups (broad SMARTS) is 1. The minimum absolute atomic E-state index is 0.0544. The van der Waals surface area contributed by atoms with E-state index in [1.165, 1.54) is 7.11 Å². The highest BCUT2D eigenvalue weighted by atomic mass is 16.7. The first-order valence-corrected chi connectivity index (χ1v) is 15.1. The van der Waals surface area contributed by atoms with Crippen LogP contribution in [-0.2, 0) is 18.9 Å².